The second kappa shape index (κ2) is 7.89. The van der Waals surface area contributed by atoms with Crippen molar-refractivity contribution in [1.82, 2.24) is 9.88 Å². The molecule has 1 unspecified atom stereocenters. The maximum Gasteiger partial charge on any atom is 0.452 e. The number of rotatable bonds is 7. The molecule has 1 amide bonds. The monoisotopic (exact) mass is 397 g/mol. The first-order valence-electron chi connectivity index (χ1n) is 7.30. The maximum atomic E-state index is 12.6. The second-order valence-corrected chi connectivity index (χ2v) is 7.63. The van der Waals surface area contributed by atoms with E-state index in [1.54, 1.807) is 0 Å². The number of nitrogens with zero attached hydrogens (tertiary/aromatic N) is 1. The van der Waals surface area contributed by atoms with Crippen molar-refractivity contribution in [2.45, 2.75) is 32.6 Å². The molecule has 146 valence electrons. The molecule has 1 rings (SSSR count). The van der Waals surface area contributed by atoms with Gasteiger partial charge < -0.3 is 9.88 Å². The molecule has 1 aromatic heterocycles. The van der Waals surface area contributed by atoms with Crippen molar-refractivity contribution in [1.29, 1.82) is 0 Å². The third kappa shape index (κ3) is 6.17. The van der Waals surface area contributed by atoms with Crippen LogP contribution in [0.15, 0.2) is 23.1 Å². The minimum absolute atomic E-state index is 0.324. The van der Waals surface area contributed by atoms with Gasteiger partial charge in [-0.05, 0) is 18.1 Å². The number of nitrogens with one attached hydrogen (secondary N) is 2. The number of aromatic nitrogens is 1. The number of hydrogen-bond acceptors (Lipinski definition) is 5. The Hall–Kier alpha value is -2.37. The molecular formula is C14H18F3N3O5S. The van der Waals surface area contributed by atoms with Crippen molar-refractivity contribution in [3.8, 4) is 0 Å². The summed E-state index contributed by atoms with van der Waals surface area (Å²) < 4.78 is 62.9. The van der Waals surface area contributed by atoms with Crippen LogP contribution >= 0.6 is 0 Å². The van der Waals surface area contributed by atoms with Crippen LogP contribution in [-0.2, 0) is 26.2 Å². The first-order valence-corrected chi connectivity index (χ1v) is 9.19. The van der Waals surface area contributed by atoms with Gasteiger partial charge in [0.25, 0.3) is 11.3 Å². The van der Waals surface area contributed by atoms with Crippen molar-refractivity contribution in [3.05, 3.63) is 28.7 Å². The Labute approximate surface area is 147 Å². The lowest BCUT2D eigenvalue weighted by Gasteiger charge is -2.22. The van der Waals surface area contributed by atoms with Crippen LogP contribution in [0.5, 0.6) is 0 Å². The molecule has 0 bridgehead atoms. The Kier molecular flexibility index (Phi) is 6.58. The van der Waals surface area contributed by atoms with Gasteiger partial charge in [0.15, 0.2) is 0 Å². The third-order valence-electron chi connectivity index (χ3n) is 3.17. The van der Waals surface area contributed by atoms with Gasteiger partial charge in [0, 0.05) is 6.20 Å². The average Bonchev–Trinajstić information content (AvgIpc) is 2.45. The number of carbonyl (C=O) groups is 2. The van der Waals surface area contributed by atoms with Gasteiger partial charge in [-0.3, -0.25) is 19.1 Å². The summed E-state index contributed by atoms with van der Waals surface area (Å²) in [6.07, 6.45) is -3.13. The number of ketones is 1. The number of sulfonamides is 1. The summed E-state index contributed by atoms with van der Waals surface area (Å²) in [6.45, 7) is 1.97. The van der Waals surface area contributed by atoms with E-state index < -0.39 is 52.0 Å². The predicted molar refractivity (Wildman–Crippen MR) is 87.0 cm³/mol. The van der Waals surface area contributed by atoms with E-state index in [1.807, 2.05) is 10.0 Å². The molecule has 0 aromatic carbocycles. The zero-order valence-electron chi connectivity index (χ0n) is 14.1. The molecule has 1 atom stereocenters. The fourth-order valence-electron chi connectivity index (χ4n) is 2.02. The van der Waals surface area contributed by atoms with Crippen molar-refractivity contribution in [3.63, 3.8) is 0 Å². The highest BCUT2D eigenvalue weighted by atomic mass is 32.2. The second-order valence-electron chi connectivity index (χ2n) is 5.88. The smallest absolute Gasteiger partial charge is 0.344 e. The molecule has 12 heteroatoms. The minimum atomic E-state index is -5.11. The summed E-state index contributed by atoms with van der Waals surface area (Å²) in [5.74, 6) is -3.93. The Bertz CT molecular complexity index is 846. The van der Waals surface area contributed by atoms with Crippen molar-refractivity contribution in [2.24, 2.45) is 5.92 Å². The quantitative estimate of drug-likeness (QED) is 0.695. The maximum absolute atomic E-state index is 12.6. The number of hydrogen-bond donors (Lipinski definition) is 2. The van der Waals surface area contributed by atoms with E-state index >= 15 is 0 Å². The fourth-order valence-corrected chi connectivity index (χ4v) is 2.58. The largest absolute Gasteiger partial charge is 0.452 e. The molecule has 0 radical (unpaired) electrons. The molecule has 0 aliphatic heterocycles. The lowest BCUT2D eigenvalue weighted by Crippen LogP contribution is -2.50. The highest BCUT2D eigenvalue weighted by Gasteiger charge is 2.44. The van der Waals surface area contributed by atoms with Crippen molar-refractivity contribution >= 4 is 27.4 Å². The molecule has 8 nitrogen and oxygen atoms in total. The van der Waals surface area contributed by atoms with Crippen LogP contribution in [0.1, 0.15) is 13.8 Å². The zero-order valence-corrected chi connectivity index (χ0v) is 14.9. The van der Waals surface area contributed by atoms with Gasteiger partial charge in [0.05, 0.1) is 12.3 Å². The van der Waals surface area contributed by atoms with Crippen LogP contribution in [0, 0.1) is 5.92 Å². The Balaban J connectivity index is 2.99. The van der Waals surface area contributed by atoms with Crippen molar-refractivity contribution < 1.29 is 31.2 Å². The standard InChI is InChI=1S/C14H18F3N3O5S/c1-8(2)11(12(22)14(15,16)17)18-10(21)7-20-6-4-5-9(13(20)23)19-26(3,24)25/h4-6,8,11,19H,7H2,1-3H3,(H,18,21). The van der Waals surface area contributed by atoms with Gasteiger partial charge in [-0.15, -0.1) is 0 Å². The summed E-state index contributed by atoms with van der Waals surface area (Å²) in [5.41, 5.74) is -1.19. The number of anilines is 1. The zero-order chi connectivity index (χ0) is 20.3. The van der Waals surface area contributed by atoms with Gasteiger partial charge in [0.2, 0.25) is 15.9 Å². The lowest BCUT2D eigenvalue weighted by molar-refractivity contribution is -0.174. The molecule has 0 aliphatic carbocycles. The highest BCUT2D eigenvalue weighted by Crippen LogP contribution is 2.21. The normalized spacial score (nSPS) is 13.3. The van der Waals surface area contributed by atoms with E-state index in [4.69, 9.17) is 0 Å². The van der Waals surface area contributed by atoms with E-state index in [0.29, 0.717) is 0 Å². The average molecular weight is 397 g/mol. The van der Waals surface area contributed by atoms with E-state index in [1.165, 1.54) is 26.0 Å². The molecule has 2 N–H and O–H groups in total. The molecule has 0 fully saturated rings. The predicted octanol–water partition coefficient (Wildman–Crippen LogP) is 0.492. The third-order valence-corrected chi connectivity index (χ3v) is 3.77. The number of alkyl halides is 3. The summed E-state index contributed by atoms with van der Waals surface area (Å²) >= 11 is 0. The van der Waals surface area contributed by atoms with E-state index in [0.717, 1.165) is 17.0 Å². The highest BCUT2D eigenvalue weighted by molar-refractivity contribution is 7.92. The van der Waals surface area contributed by atoms with E-state index in [2.05, 4.69) is 0 Å². The van der Waals surface area contributed by atoms with Gasteiger partial charge in [-0.2, -0.15) is 13.2 Å². The Morgan fingerprint density at radius 2 is 1.85 bits per heavy atom. The SMILES string of the molecule is CC(C)C(NC(=O)Cn1cccc(NS(C)(=O)=O)c1=O)C(=O)C(F)(F)F. The number of Topliss-reactive ketones (excluding diaryl/α,β-unsaturated/α-hetero) is 1. The topological polar surface area (TPSA) is 114 Å². The van der Waals surface area contributed by atoms with Gasteiger partial charge >= 0.3 is 6.18 Å². The summed E-state index contributed by atoms with van der Waals surface area (Å²) in [5, 5.41) is 1.96. The number of halogens is 3. The van der Waals surface area contributed by atoms with E-state index in [9.17, 15) is 36.0 Å². The summed E-state index contributed by atoms with van der Waals surface area (Å²) in [6, 6.07) is 0.653. The van der Waals surface area contributed by atoms with Crippen LogP contribution in [0.2, 0.25) is 0 Å². The first kappa shape index (κ1) is 21.7. The lowest BCUT2D eigenvalue weighted by atomic mass is 9.99. The summed E-state index contributed by atoms with van der Waals surface area (Å²) in [4.78, 5) is 35.5. The molecule has 0 aliphatic rings. The summed E-state index contributed by atoms with van der Waals surface area (Å²) in [7, 11) is -3.74. The van der Waals surface area contributed by atoms with Crippen LogP contribution in [0.4, 0.5) is 18.9 Å². The Morgan fingerprint density at radius 1 is 1.27 bits per heavy atom. The van der Waals surface area contributed by atoms with Crippen LogP contribution < -0.4 is 15.6 Å². The van der Waals surface area contributed by atoms with Crippen LogP contribution in [-0.4, -0.2) is 43.1 Å². The number of carbonyl (C=O) groups excluding carboxylic acids is 2. The van der Waals surface area contributed by atoms with E-state index in [-0.39, 0.29) is 5.69 Å². The number of pyridine rings is 1. The molecule has 1 heterocycles. The molecule has 26 heavy (non-hydrogen) atoms. The molecule has 0 spiro atoms. The first-order chi connectivity index (χ1) is 11.7. The van der Waals surface area contributed by atoms with Crippen molar-refractivity contribution in [2.75, 3.05) is 11.0 Å². The van der Waals surface area contributed by atoms with Gasteiger partial charge in [0.1, 0.15) is 12.2 Å². The molecular weight excluding hydrogens is 379 g/mol. The molecule has 0 saturated carbocycles. The minimum Gasteiger partial charge on any atom is -0.344 e. The molecule has 0 saturated heterocycles. The van der Waals surface area contributed by atoms with Crippen LogP contribution in [0.25, 0.3) is 0 Å². The Morgan fingerprint density at radius 3 is 2.31 bits per heavy atom. The van der Waals surface area contributed by atoms with Gasteiger partial charge in [-0.1, -0.05) is 13.8 Å². The number of amides is 1. The van der Waals surface area contributed by atoms with Crippen LogP contribution in [0.3, 0.4) is 0 Å². The fraction of sp³-hybridized carbons (Fsp3) is 0.500. The van der Waals surface area contributed by atoms with Gasteiger partial charge in [-0.25, -0.2) is 8.42 Å². The molecule has 1 aromatic rings.